The van der Waals surface area contributed by atoms with Crippen LogP contribution < -0.4 is 5.56 Å². The first-order valence-electron chi connectivity index (χ1n) is 5.78. The number of fused-ring (bicyclic) bond motifs is 1. The van der Waals surface area contributed by atoms with Crippen LogP contribution in [0.15, 0.2) is 47.4 Å². The van der Waals surface area contributed by atoms with Crippen LogP contribution in [0.2, 0.25) is 0 Å². The van der Waals surface area contributed by atoms with E-state index in [0.717, 1.165) is 25.2 Å². The Balaban J connectivity index is 1.76. The number of aromatic nitrogens is 1. The number of pyridine rings is 1. The van der Waals surface area contributed by atoms with Crippen LogP contribution in [0.4, 0.5) is 0 Å². The summed E-state index contributed by atoms with van der Waals surface area (Å²) in [7, 11) is 0. The molecule has 0 saturated heterocycles. The van der Waals surface area contributed by atoms with Crippen molar-refractivity contribution in [1.29, 1.82) is 0 Å². The van der Waals surface area contributed by atoms with Gasteiger partial charge in [0.1, 0.15) is 0 Å². The summed E-state index contributed by atoms with van der Waals surface area (Å²) in [5, 5.41) is 0. The third-order valence-electron chi connectivity index (χ3n) is 3.15. The smallest absolute Gasteiger partial charge is 0.248 e. The molecule has 1 aromatic heterocycles. The number of H-pyrrole nitrogens is 1. The molecule has 3 rings (SSSR count). The zero-order valence-corrected chi connectivity index (χ0v) is 9.52. The van der Waals surface area contributed by atoms with Crippen LogP contribution >= 0.6 is 0 Å². The molecule has 0 radical (unpaired) electrons. The molecule has 3 heteroatoms. The van der Waals surface area contributed by atoms with Crippen molar-refractivity contribution in [1.82, 2.24) is 9.88 Å². The third-order valence-corrected chi connectivity index (χ3v) is 3.15. The average Bonchev–Trinajstić information content (AvgIpc) is 2.71. The van der Waals surface area contributed by atoms with Crippen LogP contribution in [-0.4, -0.2) is 9.88 Å². The lowest BCUT2D eigenvalue weighted by molar-refractivity contribution is 0.275. The van der Waals surface area contributed by atoms with Gasteiger partial charge in [-0.1, -0.05) is 24.3 Å². The summed E-state index contributed by atoms with van der Waals surface area (Å²) in [4.78, 5) is 16.2. The molecule has 0 fully saturated rings. The molecule has 2 heterocycles. The van der Waals surface area contributed by atoms with Crippen molar-refractivity contribution in [3.05, 3.63) is 69.6 Å². The Labute approximate surface area is 99.7 Å². The standard InChI is InChI=1S/C14H14N2O/c17-14-7-11(5-6-15-14)8-16-9-12-3-1-2-4-13(12)10-16/h1-7H,8-10H2,(H,15,17). The van der Waals surface area contributed by atoms with Gasteiger partial charge < -0.3 is 4.98 Å². The van der Waals surface area contributed by atoms with Gasteiger partial charge in [0.2, 0.25) is 5.56 Å². The fourth-order valence-electron chi connectivity index (χ4n) is 2.36. The van der Waals surface area contributed by atoms with E-state index in [1.54, 1.807) is 12.3 Å². The molecule has 17 heavy (non-hydrogen) atoms. The van der Waals surface area contributed by atoms with Gasteiger partial charge in [-0.25, -0.2) is 0 Å². The topological polar surface area (TPSA) is 36.1 Å². The highest BCUT2D eigenvalue weighted by atomic mass is 16.1. The lowest BCUT2D eigenvalue weighted by Gasteiger charge is -2.14. The second-order valence-corrected chi connectivity index (χ2v) is 4.48. The molecule has 1 aliphatic rings. The molecule has 1 N–H and O–H groups in total. The first-order chi connectivity index (χ1) is 8.31. The van der Waals surface area contributed by atoms with Crippen molar-refractivity contribution in [3.8, 4) is 0 Å². The van der Waals surface area contributed by atoms with Crippen molar-refractivity contribution in [2.75, 3.05) is 0 Å². The minimum Gasteiger partial charge on any atom is -0.329 e. The molecule has 0 aliphatic carbocycles. The number of hydrogen-bond acceptors (Lipinski definition) is 2. The van der Waals surface area contributed by atoms with Crippen molar-refractivity contribution < 1.29 is 0 Å². The summed E-state index contributed by atoms with van der Waals surface area (Å²) in [6.45, 7) is 2.78. The molecule has 0 atom stereocenters. The zero-order chi connectivity index (χ0) is 11.7. The predicted molar refractivity (Wildman–Crippen MR) is 66.5 cm³/mol. The van der Waals surface area contributed by atoms with Gasteiger partial charge in [-0.3, -0.25) is 9.69 Å². The molecule has 0 amide bonds. The van der Waals surface area contributed by atoms with E-state index in [1.807, 2.05) is 6.07 Å². The minimum absolute atomic E-state index is 0.0285. The average molecular weight is 226 g/mol. The summed E-state index contributed by atoms with van der Waals surface area (Å²) in [5.41, 5.74) is 3.84. The summed E-state index contributed by atoms with van der Waals surface area (Å²) in [6.07, 6.45) is 1.71. The Morgan fingerprint density at radius 1 is 1.12 bits per heavy atom. The normalized spacial score (nSPS) is 14.8. The maximum Gasteiger partial charge on any atom is 0.248 e. The van der Waals surface area contributed by atoms with Crippen LogP contribution in [0.3, 0.4) is 0 Å². The Morgan fingerprint density at radius 3 is 2.47 bits per heavy atom. The van der Waals surface area contributed by atoms with Crippen molar-refractivity contribution in [3.63, 3.8) is 0 Å². The molecule has 0 spiro atoms. The van der Waals surface area contributed by atoms with Gasteiger partial charge in [-0.2, -0.15) is 0 Å². The molecular weight excluding hydrogens is 212 g/mol. The van der Waals surface area contributed by atoms with E-state index >= 15 is 0 Å². The van der Waals surface area contributed by atoms with Gasteiger partial charge in [0.05, 0.1) is 0 Å². The first kappa shape index (κ1) is 10.3. The van der Waals surface area contributed by atoms with Crippen LogP contribution in [0.1, 0.15) is 16.7 Å². The molecular formula is C14H14N2O. The van der Waals surface area contributed by atoms with Gasteiger partial charge >= 0.3 is 0 Å². The molecule has 3 nitrogen and oxygen atoms in total. The van der Waals surface area contributed by atoms with Gasteiger partial charge in [0.15, 0.2) is 0 Å². The predicted octanol–water partition coefficient (Wildman–Crippen LogP) is 1.89. The van der Waals surface area contributed by atoms with E-state index < -0.39 is 0 Å². The monoisotopic (exact) mass is 226 g/mol. The Morgan fingerprint density at radius 2 is 1.82 bits per heavy atom. The van der Waals surface area contributed by atoms with Crippen LogP contribution in [0.25, 0.3) is 0 Å². The van der Waals surface area contributed by atoms with Crippen LogP contribution in [0.5, 0.6) is 0 Å². The highest BCUT2D eigenvalue weighted by molar-refractivity contribution is 5.30. The SMILES string of the molecule is O=c1cc(CN2Cc3ccccc3C2)cc[nH]1. The Bertz CT molecular complexity index is 564. The van der Waals surface area contributed by atoms with E-state index in [0.29, 0.717) is 0 Å². The molecule has 1 aromatic carbocycles. The zero-order valence-electron chi connectivity index (χ0n) is 9.52. The van der Waals surface area contributed by atoms with E-state index in [-0.39, 0.29) is 5.56 Å². The maximum absolute atomic E-state index is 11.2. The van der Waals surface area contributed by atoms with Gasteiger partial charge in [0.25, 0.3) is 0 Å². The van der Waals surface area contributed by atoms with E-state index in [1.165, 1.54) is 11.1 Å². The quantitative estimate of drug-likeness (QED) is 0.849. The van der Waals surface area contributed by atoms with Gasteiger partial charge in [0, 0.05) is 31.9 Å². The molecule has 86 valence electrons. The number of aromatic amines is 1. The van der Waals surface area contributed by atoms with Crippen molar-refractivity contribution in [2.45, 2.75) is 19.6 Å². The fourth-order valence-corrected chi connectivity index (χ4v) is 2.36. The molecule has 0 saturated carbocycles. The number of nitrogens with zero attached hydrogens (tertiary/aromatic N) is 1. The Hall–Kier alpha value is -1.87. The lowest BCUT2D eigenvalue weighted by Crippen LogP contribution is -2.17. The third kappa shape index (κ3) is 2.15. The van der Waals surface area contributed by atoms with E-state index in [2.05, 4.69) is 34.1 Å². The number of rotatable bonds is 2. The summed E-state index contributed by atoms with van der Waals surface area (Å²) >= 11 is 0. The van der Waals surface area contributed by atoms with Crippen molar-refractivity contribution >= 4 is 0 Å². The Kier molecular flexibility index (Phi) is 2.53. The molecule has 2 aromatic rings. The van der Waals surface area contributed by atoms with Gasteiger partial charge in [-0.15, -0.1) is 0 Å². The number of hydrogen-bond donors (Lipinski definition) is 1. The summed E-state index contributed by atoms with van der Waals surface area (Å²) in [6, 6.07) is 12.1. The fraction of sp³-hybridized carbons (Fsp3) is 0.214. The van der Waals surface area contributed by atoms with Crippen LogP contribution in [-0.2, 0) is 19.6 Å². The highest BCUT2D eigenvalue weighted by Crippen LogP contribution is 2.23. The number of nitrogens with one attached hydrogen (secondary N) is 1. The summed E-state index contributed by atoms with van der Waals surface area (Å²) in [5.74, 6) is 0. The lowest BCUT2D eigenvalue weighted by atomic mass is 10.1. The largest absolute Gasteiger partial charge is 0.329 e. The summed E-state index contributed by atoms with van der Waals surface area (Å²) < 4.78 is 0. The van der Waals surface area contributed by atoms with E-state index in [9.17, 15) is 4.79 Å². The minimum atomic E-state index is -0.0285. The highest BCUT2D eigenvalue weighted by Gasteiger charge is 2.17. The first-order valence-corrected chi connectivity index (χ1v) is 5.78. The second-order valence-electron chi connectivity index (χ2n) is 4.48. The van der Waals surface area contributed by atoms with E-state index in [4.69, 9.17) is 0 Å². The van der Waals surface area contributed by atoms with Gasteiger partial charge in [-0.05, 0) is 22.8 Å². The van der Waals surface area contributed by atoms with Crippen LogP contribution in [0, 0.1) is 0 Å². The molecule has 0 bridgehead atoms. The number of benzene rings is 1. The van der Waals surface area contributed by atoms with Crippen molar-refractivity contribution in [2.24, 2.45) is 0 Å². The second kappa shape index (κ2) is 4.18. The molecule has 0 unspecified atom stereocenters. The maximum atomic E-state index is 11.2. The molecule has 1 aliphatic heterocycles.